The maximum atomic E-state index is 13.0. The van der Waals surface area contributed by atoms with Crippen LogP contribution in [-0.4, -0.2) is 23.4 Å². The molecular weight excluding hydrogens is 336 g/mol. The third kappa shape index (κ3) is 3.40. The van der Waals surface area contributed by atoms with E-state index in [0.717, 1.165) is 18.4 Å². The van der Waals surface area contributed by atoms with Crippen molar-refractivity contribution in [1.29, 1.82) is 0 Å². The lowest BCUT2D eigenvalue weighted by atomic mass is 9.87. The van der Waals surface area contributed by atoms with Crippen LogP contribution in [0.4, 0.5) is 4.79 Å². The van der Waals surface area contributed by atoms with Crippen molar-refractivity contribution in [3.05, 3.63) is 70.7 Å². The molecule has 1 N–H and O–H groups in total. The number of halogens is 1. The van der Waals surface area contributed by atoms with Gasteiger partial charge in [0.05, 0.1) is 0 Å². The number of imide groups is 1. The average Bonchev–Trinajstić information content (AvgIpc) is 2.88. The molecule has 0 aromatic heterocycles. The first-order valence-electron chi connectivity index (χ1n) is 8.51. The van der Waals surface area contributed by atoms with E-state index in [1.165, 1.54) is 10.5 Å². The maximum absolute atomic E-state index is 13.0. The molecule has 1 unspecified atom stereocenters. The molecule has 25 heavy (non-hydrogen) atoms. The van der Waals surface area contributed by atoms with Gasteiger partial charge in [-0.25, -0.2) is 4.79 Å². The Morgan fingerprint density at radius 1 is 1.04 bits per heavy atom. The number of rotatable bonds is 6. The molecule has 0 radical (unpaired) electrons. The van der Waals surface area contributed by atoms with Gasteiger partial charge >= 0.3 is 6.03 Å². The van der Waals surface area contributed by atoms with Crippen molar-refractivity contribution < 1.29 is 9.59 Å². The van der Waals surface area contributed by atoms with Crippen LogP contribution in [0.5, 0.6) is 0 Å². The molecule has 5 heteroatoms. The van der Waals surface area contributed by atoms with E-state index in [1.807, 2.05) is 25.1 Å². The van der Waals surface area contributed by atoms with Crippen molar-refractivity contribution >= 4 is 23.5 Å². The van der Waals surface area contributed by atoms with Gasteiger partial charge < -0.3 is 5.32 Å². The second-order valence-corrected chi connectivity index (χ2v) is 6.68. The van der Waals surface area contributed by atoms with Gasteiger partial charge in [0.1, 0.15) is 5.54 Å². The van der Waals surface area contributed by atoms with Crippen molar-refractivity contribution in [3.63, 3.8) is 0 Å². The van der Waals surface area contributed by atoms with Crippen LogP contribution in [0.25, 0.3) is 0 Å². The van der Waals surface area contributed by atoms with Gasteiger partial charge in [-0.05, 0) is 42.5 Å². The lowest BCUT2D eigenvalue weighted by molar-refractivity contribution is -0.131. The highest BCUT2D eigenvalue weighted by molar-refractivity contribution is 6.30. The number of nitrogens with one attached hydrogen (secondary N) is 1. The highest BCUT2D eigenvalue weighted by Crippen LogP contribution is 2.33. The number of carbonyl (C=O) groups is 2. The van der Waals surface area contributed by atoms with Crippen LogP contribution in [-0.2, 0) is 16.8 Å². The quantitative estimate of drug-likeness (QED) is 0.791. The molecular formula is C20H21ClN2O2. The summed E-state index contributed by atoms with van der Waals surface area (Å²) in [5.41, 5.74) is 0.978. The standard InChI is InChI=1S/C20H21ClN2O2/c1-2-20(16-10-12-17(21)13-11-16)18(24)23(19(25)22-20)14-6-9-15-7-4-3-5-8-15/h3-5,7-8,10-13H,2,6,9,14H2,1H3,(H,22,25). The minimum Gasteiger partial charge on any atom is -0.319 e. The SMILES string of the molecule is CCC1(c2ccc(Cl)cc2)NC(=O)N(CCCc2ccccc2)C1=O. The Morgan fingerprint density at radius 3 is 2.36 bits per heavy atom. The number of hydrogen-bond donors (Lipinski definition) is 1. The van der Waals surface area contributed by atoms with Crippen molar-refractivity contribution in [1.82, 2.24) is 10.2 Å². The Balaban J connectivity index is 1.73. The second kappa shape index (κ2) is 7.28. The molecule has 0 bridgehead atoms. The molecule has 0 spiro atoms. The van der Waals surface area contributed by atoms with E-state index in [9.17, 15) is 9.59 Å². The molecule has 2 aromatic rings. The molecule has 2 aromatic carbocycles. The van der Waals surface area contributed by atoms with Crippen LogP contribution >= 0.6 is 11.6 Å². The Labute approximate surface area is 152 Å². The van der Waals surface area contributed by atoms with Gasteiger partial charge in [0.2, 0.25) is 0 Å². The molecule has 1 aliphatic rings. The van der Waals surface area contributed by atoms with E-state index in [-0.39, 0.29) is 11.9 Å². The molecule has 1 heterocycles. The summed E-state index contributed by atoms with van der Waals surface area (Å²) >= 11 is 5.94. The number of benzene rings is 2. The van der Waals surface area contributed by atoms with Gasteiger partial charge in [0, 0.05) is 11.6 Å². The Morgan fingerprint density at radius 2 is 1.72 bits per heavy atom. The molecule has 1 saturated heterocycles. The van der Waals surface area contributed by atoms with Gasteiger partial charge in [-0.3, -0.25) is 9.69 Å². The summed E-state index contributed by atoms with van der Waals surface area (Å²) in [6.07, 6.45) is 2.07. The van der Waals surface area contributed by atoms with Crippen molar-refractivity contribution in [2.24, 2.45) is 0 Å². The van der Waals surface area contributed by atoms with Crippen LogP contribution < -0.4 is 5.32 Å². The van der Waals surface area contributed by atoms with E-state index in [2.05, 4.69) is 17.4 Å². The molecule has 3 rings (SSSR count). The summed E-state index contributed by atoms with van der Waals surface area (Å²) in [5.74, 6) is -0.185. The van der Waals surface area contributed by atoms with Gasteiger partial charge in [-0.1, -0.05) is 61.0 Å². The summed E-state index contributed by atoms with van der Waals surface area (Å²) in [7, 11) is 0. The lowest BCUT2D eigenvalue weighted by Gasteiger charge is -2.25. The normalized spacial score (nSPS) is 20.0. The zero-order chi connectivity index (χ0) is 17.9. The van der Waals surface area contributed by atoms with Crippen LogP contribution in [0.15, 0.2) is 54.6 Å². The Kier molecular flexibility index (Phi) is 5.09. The fourth-order valence-corrected chi connectivity index (χ4v) is 3.41. The van der Waals surface area contributed by atoms with Gasteiger partial charge in [-0.15, -0.1) is 0 Å². The van der Waals surface area contributed by atoms with E-state index < -0.39 is 5.54 Å². The molecule has 3 amide bonds. The van der Waals surface area contributed by atoms with Crippen molar-refractivity contribution in [2.75, 3.05) is 6.54 Å². The van der Waals surface area contributed by atoms with Crippen LogP contribution in [0.1, 0.15) is 30.9 Å². The van der Waals surface area contributed by atoms with Crippen LogP contribution in [0.3, 0.4) is 0 Å². The fraction of sp³-hybridized carbons (Fsp3) is 0.300. The number of carbonyl (C=O) groups excluding carboxylic acids is 2. The summed E-state index contributed by atoms with van der Waals surface area (Å²) in [4.78, 5) is 26.8. The largest absolute Gasteiger partial charge is 0.325 e. The summed E-state index contributed by atoms with van der Waals surface area (Å²) in [5, 5.41) is 3.50. The van der Waals surface area contributed by atoms with E-state index in [0.29, 0.717) is 18.0 Å². The molecule has 1 aliphatic heterocycles. The lowest BCUT2D eigenvalue weighted by Crippen LogP contribution is -2.43. The average molecular weight is 357 g/mol. The zero-order valence-corrected chi connectivity index (χ0v) is 14.9. The van der Waals surface area contributed by atoms with E-state index in [4.69, 9.17) is 11.6 Å². The van der Waals surface area contributed by atoms with Crippen molar-refractivity contribution in [2.45, 2.75) is 31.7 Å². The van der Waals surface area contributed by atoms with E-state index in [1.54, 1.807) is 24.3 Å². The minimum absolute atomic E-state index is 0.185. The summed E-state index contributed by atoms with van der Waals surface area (Å²) in [6.45, 7) is 2.31. The number of amides is 3. The number of nitrogens with zero attached hydrogens (tertiary/aromatic N) is 1. The monoisotopic (exact) mass is 356 g/mol. The summed E-state index contributed by atoms with van der Waals surface area (Å²) in [6, 6.07) is 16.8. The van der Waals surface area contributed by atoms with Crippen molar-refractivity contribution in [3.8, 4) is 0 Å². The van der Waals surface area contributed by atoms with E-state index >= 15 is 0 Å². The predicted octanol–water partition coefficient (Wildman–Crippen LogP) is 4.13. The predicted molar refractivity (Wildman–Crippen MR) is 98.4 cm³/mol. The zero-order valence-electron chi connectivity index (χ0n) is 14.2. The number of urea groups is 1. The third-order valence-electron chi connectivity index (χ3n) is 4.73. The molecule has 1 fully saturated rings. The fourth-order valence-electron chi connectivity index (χ4n) is 3.29. The molecule has 1 atom stereocenters. The highest BCUT2D eigenvalue weighted by Gasteiger charge is 2.50. The first kappa shape index (κ1) is 17.5. The Hall–Kier alpha value is -2.33. The number of aryl methyl sites for hydroxylation is 1. The molecule has 4 nitrogen and oxygen atoms in total. The first-order chi connectivity index (χ1) is 12.1. The van der Waals surface area contributed by atoms with Gasteiger partial charge in [0.25, 0.3) is 5.91 Å². The van der Waals surface area contributed by atoms with Crippen LogP contribution in [0, 0.1) is 0 Å². The molecule has 130 valence electrons. The topological polar surface area (TPSA) is 49.4 Å². The maximum Gasteiger partial charge on any atom is 0.325 e. The third-order valence-corrected chi connectivity index (χ3v) is 4.99. The minimum atomic E-state index is -0.992. The number of hydrogen-bond acceptors (Lipinski definition) is 2. The molecule has 0 aliphatic carbocycles. The summed E-state index contributed by atoms with van der Waals surface area (Å²) < 4.78 is 0. The van der Waals surface area contributed by atoms with Gasteiger partial charge in [-0.2, -0.15) is 0 Å². The van der Waals surface area contributed by atoms with Crippen LogP contribution in [0.2, 0.25) is 5.02 Å². The Bertz CT molecular complexity index is 761. The smallest absolute Gasteiger partial charge is 0.319 e. The van der Waals surface area contributed by atoms with Gasteiger partial charge in [0.15, 0.2) is 0 Å². The highest BCUT2D eigenvalue weighted by atomic mass is 35.5. The molecule has 0 saturated carbocycles. The second-order valence-electron chi connectivity index (χ2n) is 6.24. The first-order valence-corrected chi connectivity index (χ1v) is 8.88.